The van der Waals surface area contributed by atoms with Crippen LogP contribution in [-0.4, -0.2) is 64.8 Å². The van der Waals surface area contributed by atoms with Crippen molar-refractivity contribution in [1.82, 2.24) is 24.5 Å². The first-order valence-corrected chi connectivity index (χ1v) is 14.4. The van der Waals surface area contributed by atoms with Crippen molar-refractivity contribution in [2.45, 2.75) is 18.7 Å². The number of ether oxygens (including phenoxy) is 1. The molecule has 0 amide bonds. The van der Waals surface area contributed by atoms with Gasteiger partial charge < -0.3 is 9.64 Å². The van der Waals surface area contributed by atoms with Crippen LogP contribution >= 0.6 is 23.2 Å². The lowest BCUT2D eigenvalue weighted by molar-refractivity contribution is 0.189. The van der Waals surface area contributed by atoms with Gasteiger partial charge in [-0.1, -0.05) is 23.2 Å². The maximum Gasteiger partial charge on any atom is 0.211 e. The number of nitrogens with zero attached hydrogens (tertiary/aromatic N) is 6. The lowest BCUT2D eigenvalue weighted by Gasteiger charge is -2.52. The number of fused-ring (bicyclic) bond motifs is 1. The zero-order valence-electron chi connectivity index (χ0n) is 21.5. The van der Waals surface area contributed by atoms with Crippen LogP contribution in [0, 0.1) is 17.1 Å². The molecule has 1 fully saturated rings. The summed E-state index contributed by atoms with van der Waals surface area (Å²) in [5, 5.41) is 17.8. The van der Waals surface area contributed by atoms with Gasteiger partial charge in [-0.15, -0.1) is 0 Å². The molecule has 40 heavy (non-hydrogen) atoms. The number of pyridine rings is 2. The van der Waals surface area contributed by atoms with Crippen LogP contribution in [0.4, 0.5) is 10.2 Å². The Bertz CT molecular complexity index is 1770. The Morgan fingerprint density at radius 1 is 1.25 bits per heavy atom. The molecule has 0 spiro atoms. The quantitative estimate of drug-likeness (QED) is 0.299. The topological polar surface area (TPSA) is 154 Å². The Hall–Kier alpha value is -3.54. The third-order valence-electron chi connectivity index (χ3n) is 6.92. The number of halogens is 3. The molecule has 0 saturated carbocycles. The third kappa shape index (κ3) is 4.93. The standard InChI is InChI=1S/C25H23Cl2FN8O3S/c1-25(35(2)40(3,37)38)11-36(12-25)24-13(7-29)4-14(8-32-24)22-15-5-20(18(28)6-19(15)33-34-22)39-23(30)21-16(26)9-31-10-17(21)27/h4-6,8-10,23H,11-12,30H2,1-3H3,(H,33,34)/t23-/m0/s1. The molecule has 5 rings (SSSR count). The first-order chi connectivity index (χ1) is 18.8. The Balaban J connectivity index is 1.45. The Kier molecular flexibility index (Phi) is 7.10. The Labute approximate surface area is 239 Å². The summed E-state index contributed by atoms with van der Waals surface area (Å²) in [5.41, 5.74) is 7.35. The second-order valence-corrected chi connectivity index (χ2v) is 12.6. The summed E-state index contributed by atoms with van der Waals surface area (Å²) < 4.78 is 45.9. The predicted molar refractivity (Wildman–Crippen MR) is 149 cm³/mol. The third-order valence-corrected chi connectivity index (χ3v) is 8.96. The zero-order chi connectivity index (χ0) is 29.0. The highest BCUT2D eigenvalue weighted by molar-refractivity contribution is 7.88. The van der Waals surface area contributed by atoms with Crippen molar-refractivity contribution in [3.8, 4) is 23.1 Å². The number of rotatable bonds is 7. The molecule has 0 aliphatic carbocycles. The average Bonchev–Trinajstić information content (AvgIpc) is 3.28. The summed E-state index contributed by atoms with van der Waals surface area (Å²) in [4.78, 5) is 10.2. The van der Waals surface area contributed by atoms with Gasteiger partial charge in [0, 0.05) is 61.3 Å². The van der Waals surface area contributed by atoms with E-state index < -0.39 is 27.6 Å². The molecular formula is C25H23Cl2FN8O3S. The summed E-state index contributed by atoms with van der Waals surface area (Å²) in [6.07, 6.45) is 4.23. The minimum absolute atomic E-state index is 0.161. The molecule has 11 nitrogen and oxygen atoms in total. The van der Waals surface area contributed by atoms with Crippen molar-refractivity contribution in [1.29, 1.82) is 5.26 Å². The molecule has 3 aromatic heterocycles. The van der Waals surface area contributed by atoms with Gasteiger partial charge in [0.25, 0.3) is 0 Å². The lowest BCUT2D eigenvalue weighted by Crippen LogP contribution is -2.69. The molecule has 1 aromatic carbocycles. The molecule has 1 aliphatic heterocycles. The largest absolute Gasteiger partial charge is 0.468 e. The molecule has 1 atom stereocenters. The fraction of sp³-hybridized carbons (Fsp3) is 0.280. The van der Waals surface area contributed by atoms with E-state index in [9.17, 15) is 18.1 Å². The van der Waals surface area contributed by atoms with Gasteiger partial charge >= 0.3 is 0 Å². The number of likely N-dealkylation sites (N-methyl/N-ethyl adjacent to an activating group) is 1. The van der Waals surface area contributed by atoms with Gasteiger partial charge in [-0.3, -0.25) is 15.8 Å². The molecule has 15 heteroatoms. The van der Waals surface area contributed by atoms with Crippen LogP contribution in [0.3, 0.4) is 0 Å². The number of anilines is 1. The molecule has 0 bridgehead atoms. The molecule has 4 aromatic rings. The molecule has 208 valence electrons. The van der Waals surface area contributed by atoms with Crippen molar-refractivity contribution in [3.05, 3.63) is 63.8 Å². The highest BCUT2D eigenvalue weighted by Crippen LogP contribution is 2.37. The Morgan fingerprint density at radius 3 is 2.55 bits per heavy atom. The summed E-state index contributed by atoms with van der Waals surface area (Å²) in [5.74, 6) is -0.422. The van der Waals surface area contributed by atoms with E-state index in [1.807, 2.05) is 11.8 Å². The van der Waals surface area contributed by atoms with Crippen LogP contribution in [0.1, 0.15) is 24.3 Å². The van der Waals surface area contributed by atoms with Gasteiger partial charge in [0.05, 0.1) is 32.9 Å². The summed E-state index contributed by atoms with van der Waals surface area (Å²) >= 11 is 12.3. The van der Waals surface area contributed by atoms with E-state index in [1.54, 1.807) is 12.3 Å². The first-order valence-electron chi connectivity index (χ1n) is 11.8. The van der Waals surface area contributed by atoms with Gasteiger partial charge in [-0.05, 0) is 19.1 Å². The summed E-state index contributed by atoms with van der Waals surface area (Å²) in [6, 6.07) is 6.43. The van der Waals surface area contributed by atoms with Crippen LogP contribution in [0.15, 0.2) is 36.8 Å². The second-order valence-electron chi connectivity index (χ2n) is 9.75. The monoisotopic (exact) mass is 604 g/mol. The van der Waals surface area contributed by atoms with Gasteiger partial charge in [-0.25, -0.2) is 17.8 Å². The van der Waals surface area contributed by atoms with Crippen LogP contribution < -0.4 is 15.4 Å². The maximum absolute atomic E-state index is 14.9. The molecule has 1 saturated heterocycles. The minimum atomic E-state index is -3.39. The smallest absolute Gasteiger partial charge is 0.211 e. The van der Waals surface area contributed by atoms with E-state index in [0.29, 0.717) is 41.1 Å². The van der Waals surface area contributed by atoms with Crippen LogP contribution in [0.25, 0.3) is 22.2 Å². The van der Waals surface area contributed by atoms with Crippen LogP contribution in [0.2, 0.25) is 10.0 Å². The molecule has 4 heterocycles. The van der Waals surface area contributed by atoms with Crippen molar-refractivity contribution < 1.29 is 17.5 Å². The first kappa shape index (κ1) is 28.0. The Morgan fingerprint density at radius 2 is 1.93 bits per heavy atom. The normalized spacial score (nSPS) is 15.6. The molecule has 0 radical (unpaired) electrons. The highest BCUT2D eigenvalue weighted by atomic mass is 35.5. The number of benzene rings is 1. The molecular weight excluding hydrogens is 582 g/mol. The maximum atomic E-state index is 14.9. The number of nitrogens with two attached hydrogens (primary N) is 1. The SMILES string of the molecule is CN(C1(C)CN(c2ncc(-c3n[nH]c4cc(F)c(O[C@H](N)c5c(Cl)cncc5Cl)cc34)cc2C#N)C1)S(C)(=O)=O. The number of aromatic nitrogens is 4. The van der Waals surface area contributed by atoms with E-state index >= 15 is 0 Å². The number of hydrogen-bond acceptors (Lipinski definition) is 9. The molecule has 3 N–H and O–H groups in total. The second kappa shape index (κ2) is 10.1. The number of aromatic amines is 1. The predicted octanol–water partition coefficient (Wildman–Crippen LogP) is 3.84. The summed E-state index contributed by atoms with van der Waals surface area (Å²) in [7, 11) is -1.85. The van der Waals surface area contributed by atoms with Gasteiger partial charge in [-0.2, -0.15) is 14.7 Å². The van der Waals surface area contributed by atoms with E-state index in [-0.39, 0.29) is 26.9 Å². The number of nitriles is 1. The van der Waals surface area contributed by atoms with Crippen molar-refractivity contribution in [2.24, 2.45) is 5.73 Å². The van der Waals surface area contributed by atoms with Gasteiger partial charge in [0.2, 0.25) is 10.0 Å². The van der Waals surface area contributed by atoms with E-state index in [2.05, 4.69) is 26.2 Å². The van der Waals surface area contributed by atoms with Crippen molar-refractivity contribution in [2.75, 3.05) is 31.3 Å². The average molecular weight is 605 g/mol. The fourth-order valence-electron chi connectivity index (χ4n) is 4.66. The molecule has 1 aliphatic rings. The fourth-order valence-corrected chi connectivity index (χ4v) is 6.16. The summed E-state index contributed by atoms with van der Waals surface area (Å²) in [6.45, 7) is 2.57. The van der Waals surface area contributed by atoms with Crippen LogP contribution in [0.5, 0.6) is 5.75 Å². The van der Waals surface area contributed by atoms with Gasteiger partial charge in [0.15, 0.2) is 17.8 Å². The number of H-pyrrole nitrogens is 1. The van der Waals surface area contributed by atoms with Gasteiger partial charge in [0.1, 0.15) is 17.6 Å². The minimum Gasteiger partial charge on any atom is -0.468 e. The van der Waals surface area contributed by atoms with E-state index in [4.69, 9.17) is 33.7 Å². The van der Waals surface area contributed by atoms with E-state index in [0.717, 1.165) is 6.26 Å². The van der Waals surface area contributed by atoms with E-state index in [1.165, 1.54) is 35.9 Å². The number of sulfonamides is 1. The zero-order valence-corrected chi connectivity index (χ0v) is 23.8. The number of hydrogen-bond donors (Lipinski definition) is 2. The molecule has 0 unspecified atom stereocenters. The van der Waals surface area contributed by atoms with Crippen LogP contribution in [-0.2, 0) is 10.0 Å². The lowest BCUT2D eigenvalue weighted by atomic mass is 9.92. The number of nitrogens with one attached hydrogen (secondary N) is 1. The highest BCUT2D eigenvalue weighted by Gasteiger charge is 2.46. The van der Waals surface area contributed by atoms with Crippen molar-refractivity contribution >= 4 is 49.9 Å². The van der Waals surface area contributed by atoms with Crippen molar-refractivity contribution in [3.63, 3.8) is 0 Å².